The minimum absolute atomic E-state index is 0.255. The number of hydrogen-bond donors (Lipinski definition) is 2. The fourth-order valence-corrected chi connectivity index (χ4v) is 7.28. The average molecular weight is 459 g/mol. The van der Waals surface area contributed by atoms with Gasteiger partial charge in [-0.15, -0.1) is 0 Å². The van der Waals surface area contributed by atoms with E-state index in [-0.39, 0.29) is 6.03 Å². The molecule has 0 unspecified atom stereocenters. The van der Waals surface area contributed by atoms with Crippen LogP contribution >= 0.6 is 0 Å². The maximum absolute atomic E-state index is 13.0. The van der Waals surface area contributed by atoms with Crippen LogP contribution in [0.4, 0.5) is 4.79 Å². The van der Waals surface area contributed by atoms with E-state index in [9.17, 15) is 4.79 Å². The summed E-state index contributed by atoms with van der Waals surface area (Å²) in [6.07, 6.45) is 10.0. The Kier molecular flexibility index (Phi) is 3.74. The monoisotopic (exact) mass is 458 g/mol. The number of nitrogens with one attached hydrogen (secondary N) is 2. The maximum atomic E-state index is 13.0. The number of likely N-dealkylation sites (tertiary alicyclic amines) is 2. The summed E-state index contributed by atoms with van der Waals surface area (Å²) in [5.74, 6) is 3.87. The summed E-state index contributed by atoms with van der Waals surface area (Å²) in [5.41, 5.74) is 3.80. The Morgan fingerprint density at radius 2 is 1.68 bits per heavy atom. The molecule has 3 aromatic heterocycles. The molecule has 3 saturated carbocycles. The van der Waals surface area contributed by atoms with Crippen LogP contribution in [0.15, 0.2) is 18.3 Å². The fraction of sp³-hybridized carbons (Fsp3) is 0.640. The molecule has 2 spiro atoms. The van der Waals surface area contributed by atoms with Crippen LogP contribution in [0, 0.1) is 16.7 Å². The van der Waals surface area contributed by atoms with Crippen molar-refractivity contribution in [3.05, 3.63) is 35.7 Å². The van der Waals surface area contributed by atoms with E-state index in [1.54, 1.807) is 6.20 Å². The predicted octanol–water partition coefficient (Wildman–Crippen LogP) is 3.21. The van der Waals surface area contributed by atoms with E-state index in [2.05, 4.69) is 42.3 Å². The zero-order valence-corrected chi connectivity index (χ0v) is 19.3. The highest BCUT2D eigenvalue weighted by Gasteiger charge is 2.58. The molecule has 0 atom stereocenters. The first-order chi connectivity index (χ1) is 16.6. The van der Waals surface area contributed by atoms with Gasteiger partial charge in [0.25, 0.3) is 0 Å². The summed E-state index contributed by atoms with van der Waals surface area (Å²) >= 11 is 0. The number of aromatic nitrogens is 6. The Balaban J connectivity index is 0.796. The predicted molar refractivity (Wildman–Crippen MR) is 124 cm³/mol. The summed E-state index contributed by atoms with van der Waals surface area (Å²) in [5, 5.41) is 14.6. The van der Waals surface area contributed by atoms with Gasteiger partial charge in [0, 0.05) is 54.5 Å². The first-order valence-electron chi connectivity index (χ1n) is 12.8. The van der Waals surface area contributed by atoms with Crippen molar-refractivity contribution in [3.63, 3.8) is 0 Å². The smallest absolute Gasteiger partial charge is 0.320 e. The van der Waals surface area contributed by atoms with Crippen LogP contribution in [0.3, 0.4) is 0 Å². The Bertz CT molecular complexity index is 1260. The summed E-state index contributed by atoms with van der Waals surface area (Å²) in [6, 6.07) is 4.44. The molecule has 2 amide bonds. The van der Waals surface area contributed by atoms with Gasteiger partial charge >= 0.3 is 6.03 Å². The molecule has 2 saturated heterocycles. The van der Waals surface area contributed by atoms with Crippen molar-refractivity contribution in [3.8, 4) is 0 Å². The highest BCUT2D eigenvalue weighted by Crippen LogP contribution is 2.57. The summed E-state index contributed by atoms with van der Waals surface area (Å²) in [7, 11) is 0. The van der Waals surface area contributed by atoms with Crippen molar-refractivity contribution in [1.82, 2.24) is 40.2 Å². The third-order valence-electron chi connectivity index (χ3n) is 9.15. The highest BCUT2D eigenvalue weighted by molar-refractivity contribution is 5.77. The first-order valence-corrected chi connectivity index (χ1v) is 12.8. The van der Waals surface area contributed by atoms with Crippen LogP contribution in [0.25, 0.3) is 11.0 Å². The molecule has 0 bridgehead atoms. The number of H-pyrrole nitrogens is 2. The van der Waals surface area contributed by atoms with Crippen molar-refractivity contribution in [2.24, 2.45) is 16.7 Å². The van der Waals surface area contributed by atoms with Crippen LogP contribution in [0.5, 0.6) is 0 Å². The zero-order chi connectivity index (χ0) is 22.5. The third-order valence-corrected chi connectivity index (χ3v) is 9.15. The third kappa shape index (κ3) is 2.94. The molecular formula is C25H30N8O. The maximum Gasteiger partial charge on any atom is 0.320 e. The lowest BCUT2D eigenvalue weighted by atomic mass is 9.56. The molecule has 9 heteroatoms. The molecule has 176 valence electrons. The van der Waals surface area contributed by atoms with Crippen LogP contribution in [-0.2, 0) is 6.42 Å². The van der Waals surface area contributed by atoms with Gasteiger partial charge in [0.05, 0.1) is 11.7 Å². The summed E-state index contributed by atoms with van der Waals surface area (Å²) in [4.78, 5) is 26.6. The van der Waals surface area contributed by atoms with E-state index >= 15 is 0 Å². The van der Waals surface area contributed by atoms with Gasteiger partial charge in [0.1, 0.15) is 11.3 Å². The number of carbonyl (C=O) groups is 1. The number of aromatic amines is 2. The topological polar surface area (TPSA) is 107 Å². The van der Waals surface area contributed by atoms with Crippen molar-refractivity contribution < 1.29 is 4.79 Å². The number of fused-ring (bicyclic) bond motifs is 1. The second kappa shape index (κ2) is 6.58. The SMILES string of the molecule is O=C(N1CC2(CC(Cc3ccc4[nH]ncc4n3)C2)C1)N1CC2(CC(c3nc(C4CC4)n[nH]3)C2)C1. The number of hydrogen-bond acceptors (Lipinski definition) is 5. The number of urea groups is 1. The highest BCUT2D eigenvalue weighted by atomic mass is 16.2. The van der Waals surface area contributed by atoms with Gasteiger partial charge in [-0.25, -0.2) is 14.8 Å². The lowest BCUT2D eigenvalue weighted by molar-refractivity contribution is -0.100. The summed E-state index contributed by atoms with van der Waals surface area (Å²) in [6.45, 7) is 3.70. The molecule has 8 rings (SSSR count). The second-order valence-corrected chi connectivity index (χ2v) is 12.0. The molecule has 5 heterocycles. The molecule has 9 nitrogen and oxygen atoms in total. The number of carbonyl (C=O) groups excluding carboxylic acids is 1. The van der Waals surface area contributed by atoms with Crippen molar-refractivity contribution >= 4 is 17.1 Å². The number of rotatable bonds is 4. The van der Waals surface area contributed by atoms with Crippen molar-refractivity contribution in [2.75, 3.05) is 26.2 Å². The number of amides is 2. The molecule has 5 aliphatic rings. The van der Waals surface area contributed by atoms with Crippen LogP contribution in [0.2, 0.25) is 0 Å². The molecular weight excluding hydrogens is 428 g/mol. The van der Waals surface area contributed by atoms with E-state index < -0.39 is 0 Å². The minimum atomic E-state index is 0.255. The van der Waals surface area contributed by atoms with Gasteiger partial charge < -0.3 is 9.80 Å². The fourth-order valence-electron chi connectivity index (χ4n) is 7.28. The largest absolute Gasteiger partial charge is 0.323 e. The molecule has 2 aliphatic heterocycles. The van der Waals surface area contributed by atoms with E-state index in [0.29, 0.717) is 28.6 Å². The number of pyridine rings is 1. The molecule has 34 heavy (non-hydrogen) atoms. The van der Waals surface area contributed by atoms with Gasteiger partial charge in [0.15, 0.2) is 5.82 Å². The van der Waals surface area contributed by atoms with Gasteiger partial charge in [-0.1, -0.05) is 0 Å². The summed E-state index contributed by atoms with van der Waals surface area (Å²) < 4.78 is 0. The minimum Gasteiger partial charge on any atom is -0.323 e. The number of nitrogens with zero attached hydrogens (tertiary/aromatic N) is 6. The van der Waals surface area contributed by atoms with Crippen LogP contribution in [0.1, 0.15) is 67.7 Å². The van der Waals surface area contributed by atoms with Gasteiger partial charge in [0.2, 0.25) is 0 Å². The lowest BCUT2D eigenvalue weighted by Crippen LogP contribution is -2.71. The quantitative estimate of drug-likeness (QED) is 0.624. The Labute approximate surface area is 197 Å². The van der Waals surface area contributed by atoms with Crippen molar-refractivity contribution in [1.29, 1.82) is 0 Å². The van der Waals surface area contributed by atoms with E-state index in [4.69, 9.17) is 9.97 Å². The molecule has 0 radical (unpaired) electrons. The van der Waals surface area contributed by atoms with E-state index in [0.717, 1.165) is 73.8 Å². The standard InChI is InChI=1S/C25H30N8O/c34-23(33-13-25(14-33)8-17(9-25)22-28-21(30-31-22)16-1-2-16)32-11-24(12-32)6-15(7-24)5-18-3-4-19-20(27-18)10-26-29-19/h3-4,10,15-17H,1-2,5-9,11-14H2,(H,26,29)(H,28,30,31). The lowest BCUT2D eigenvalue weighted by Gasteiger charge is -2.63. The van der Waals surface area contributed by atoms with Gasteiger partial charge in [-0.05, 0) is 63.0 Å². The van der Waals surface area contributed by atoms with Gasteiger partial charge in [-0.3, -0.25) is 10.2 Å². The Morgan fingerprint density at radius 3 is 2.41 bits per heavy atom. The zero-order valence-electron chi connectivity index (χ0n) is 19.3. The van der Waals surface area contributed by atoms with Gasteiger partial charge in [-0.2, -0.15) is 10.2 Å². The molecule has 3 aliphatic carbocycles. The average Bonchev–Trinajstić information content (AvgIpc) is 3.26. The van der Waals surface area contributed by atoms with Crippen molar-refractivity contribution in [2.45, 2.75) is 56.8 Å². The second-order valence-electron chi connectivity index (χ2n) is 12.0. The molecule has 3 aromatic rings. The van der Waals surface area contributed by atoms with Crippen LogP contribution in [-0.4, -0.2) is 72.4 Å². The van der Waals surface area contributed by atoms with Crippen LogP contribution < -0.4 is 0 Å². The Hall–Kier alpha value is -2.97. The normalized spacial score (nSPS) is 25.3. The Morgan fingerprint density at radius 1 is 0.941 bits per heavy atom. The van der Waals surface area contributed by atoms with E-state index in [1.807, 2.05) is 0 Å². The molecule has 2 N–H and O–H groups in total. The van der Waals surface area contributed by atoms with E-state index in [1.165, 1.54) is 25.7 Å². The molecule has 5 fully saturated rings. The molecule has 0 aromatic carbocycles. The first kappa shape index (κ1) is 19.3.